The van der Waals surface area contributed by atoms with Crippen LogP contribution in [0.3, 0.4) is 0 Å². The average Bonchev–Trinajstić information content (AvgIpc) is 2.41. The molecule has 1 rings (SSSR count). The molecule has 0 bridgehead atoms. The predicted molar refractivity (Wildman–Crippen MR) is 77.0 cm³/mol. The Labute approximate surface area is 119 Å². The lowest BCUT2D eigenvalue weighted by atomic mass is 10.1. The summed E-state index contributed by atoms with van der Waals surface area (Å²) in [5.74, 6) is -0.126. The molecule has 0 saturated carbocycles. The minimum absolute atomic E-state index is 0.125. The molecule has 0 radical (unpaired) electrons. The van der Waals surface area contributed by atoms with Crippen LogP contribution in [0, 0.1) is 0 Å². The Morgan fingerprint density at radius 2 is 1.95 bits per heavy atom. The van der Waals surface area contributed by atoms with Crippen LogP contribution < -0.4 is 10.1 Å². The number of aliphatic hydroxyl groups is 1. The highest BCUT2D eigenvalue weighted by molar-refractivity contribution is 5.67. The number of carbonyl (C=O) groups is 1. The van der Waals surface area contributed by atoms with Crippen LogP contribution in [0.1, 0.15) is 25.8 Å². The van der Waals surface area contributed by atoms with Gasteiger partial charge >= 0.3 is 5.97 Å². The van der Waals surface area contributed by atoms with Crippen LogP contribution in [-0.4, -0.2) is 41.5 Å². The summed E-state index contributed by atoms with van der Waals surface area (Å²) in [4.78, 5) is 10.5. The van der Waals surface area contributed by atoms with Gasteiger partial charge in [-0.2, -0.15) is 0 Å². The fraction of sp³-hybridized carbons (Fsp3) is 0.533. The first-order valence-electron chi connectivity index (χ1n) is 6.82. The normalized spacial score (nSPS) is 12.4. The fourth-order valence-corrected chi connectivity index (χ4v) is 1.63. The van der Waals surface area contributed by atoms with Crippen LogP contribution in [0.5, 0.6) is 5.75 Å². The molecular weight excluding hydrogens is 258 g/mol. The molecule has 0 aliphatic carbocycles. The molecule has 0 spiro atoms. The Bertz CT molecular complexity index is 403. The van der Waals surface area contributed by atoms with E-state index in [9.17, 15) is 9.90 Å². The van der Waals surface area contributed by atoms with Gasteiger partial charge in [0.15, 0.2) is 0 Å². The molecule has 112 valence electrons. The summed E-state index contributed by atoms with van der Waals surface area (Å²) in [5, 5.41) is 21.4. The lowest BCUT2D eigenvalue weighted by Gasteiger charge is -2.15. The molecule has 5 heteroatoms. The zero-order chi connectivity index (χ0) is 15.0. The Hall–Kier alpha value is -1.59. The van der Waals surface area contributed by atoms with Crippen LogP contribution in [0.4, 0.5) is 0 Å². The van der Waals surface area contributed by atoms with Gasteiger partial charge in [-0.1, -0.05) is 26.0 Å². The van der Waals surface area contributed by atoms with E-state index in [-0.39, 0.29) is 13.0 Å². The van der Waals surface area contributed by atoms with Gasteiger partial charge in [-0.3, -0.25) is 4.79 Å². The van der Waals surface area contributed by atoms with E-state index in [1.165, 1.54) is 0 Å². The minimum atomic E-state index is -0.800. The third-order valence-electron chi connectivity index (χ3n) is 2.76. The molecule has 5 nitrogen and oxygen atoms in total. The van der Waals surface area contributed by atoms with Crippen LogP contribution >= 0.6 is 0 Å². The van der Waals surface area contributed by atoms with Crippen LogP contribution in [0.2, 0.25) is 0 Å². The fourth-order valence-electron chi connectivity index (χ4n) is 1.63. The summed E-state index contributed by atoms with van der Waals surface area (Å²) in [7, 11) is 0. The lowest BCUT2D eigenvalue weighted by molar-refractivity contribution is -0.136. The predicted octanol–water partition coefficient (Wildman–Crippen LogP) is 1.44. The second kappa shape index (κ2) is 8.55. The SMILES string of the molecule is CC(C)NC[C@@H](O)COc1ccc(CCC(=O)O)cc1. The summed E-state index contributed by atoms with van der Waals surface area (Å²) in [6.07, 6.45) is 0.0835. The zero-order valence-electron chi connectivity index (χ0n) is 12.0. The second-order valence-electron chi connectivity index (χ2n) is 5.07. The molecule has 0 heterocycles. The number of hydrogen-bond acceptors (Lipinski definition) is 4. The first-order valence-corrected chi connectivity index (χ1v) is 6.82. The van der Waals surface area contributed by atoms with Crippen molar-refractivity contribution in [1.82, 2.24) is 5.32 Å². The number of carboxylic acids is 1. The maximum Gasteiger partial charge on any atom is 0.303 e. The monoisotopic (exact) mass is 281 g/mol. The third kappa shape index (κ3) is 7.11. The molecule has 0 amide bonds. The van der Waals surface area contributed by atoms with E-state index in [1.807, 2.05) is 26.0 Å². The molecule has 1 atom stereocenters. The topological polar surface area (TPSA) is 78.8 Å². The molecule has 3 N–H and O–H groups in total. The zero-order valence-corrected chi connectivity index (χ0v) is 12.0. The van der Waals surface area contributed by atoms with Crippen molar-refractivity contribution in [2.75, 3.05) is 13.2 Å². The van der Waals surface area contributed by atoms with Gasteiger partial charge in [-0.25, -0.2) is 0 Å². The van der Waals surface area contributed by atoms with E-state index < -0.39 is 12.1 Å². The third-order valence-corrected chi connectivity index (χ3v) is 2.76. The second-order valence-corrected chi connectivity index (χ2v) is 5.07. The number of benzene rings is 1. The van der Waals surface area contributed by atoms with Gasteiger partial charge in [0.2, 0.25) is 0 Å². The van der Waals surface area contributed by atoms with Crippen molar-refractivity contribution < 1.29 is 19.7 Å². The van der Waals surface area contributed by atoms with Crippen molar-refractivity contribution >= 4 is 5.97 Å². The summed E-state index contributed by atoms with van der Waals surface area (Å²) < 4.78 is 5.47. The van der Waals surface area contributed by atoms with E-state index in [2.05, 4.69) is 5.32 Å². The van der Waals surface area contributed by atoms with Gasteiger partial charge in [0.1, 0.15) is 18.5 Å². The number of aliphatic hydroxyl groups excluding tert-OH is 1. The van der Waals surface area contributed by atoms with Crippen molar-refractivity contribution in [3.05, 3.63) is 29.8 Å². The molecule has 0 unspecified atom stereocenters. The summed E-state index contributed by atoms with van der Waals surface area (Å²) >= 11 is 0. The van der Waals surface area contributed by atoms with Crippen molar-refractivity contribution in [3.8, 4) is 5.75 Å². The number of aryl methyl sites for hydroxylation is 1. The highest BCUT2D eigenvalue weighted by atomic mass is 16.5. The molecule has 0 aromatic heterocycles. The Morgan fingerprint density at radius 3 is 2.50 bits per heavy atom. The van der Waals surface area contributed by atoms with Crippen LogP contribution in [0.15, 0.2) is 24.3 Å². The molecule has 20 heavy (non-hydrogen) atoms. The maximum absolute atomic E-state index is 10.5. The Morgan fingerprint density at radius 1 is 1.30 bits per heavy atom. The first kappa shape index (κ1) is 16.5. The molecule has 0 saturated heterocycles. The average molecular weight is 281 g/mol. The maximum atomic E-state index is 10.5. The smallest absolute Gasteiger partial charge is 0.303 e. The lowest BCUT2D eigenvalue weighted by Crippen LogP contribution is -2.35. The summed E-state index contributed by atoms with van der Waals surface area (Å²) in [5.41, 5.74) is 0.960. The van der Waals surface area contributed by atoms with Gasteiger partial charge in [0.25, 0.3) is 0 Å². The minimum Gasteiger partial charge on any atom is -0.491 e. The number of carboxylic acid groups (broad SMARTS) is 1. The highest BCUT2D eigenvalue weighted by Gasteiger charge is 2.06. The van der Waals surface area contributed by atoms with E-state index in [1.54, 1.807) is 12.1 Å². The van der Waals surface area contributed by atoms with E-state index in [0.29, 0.717) is 24.8 Å². The van der Waals surface area contributed by atoms with E-state index >= 15 is 0 Å². The molecule has 1 aromatic carbocycles. The van der Waals surface area contributed by atoms with Crippen molar-refractivity contribution in [2.45, 2.75) is 38.8 Å². The van der Waals surface area contributed by atoms with Gasteiger partial charge in [0.05, 0.1) is 0 Å². The van der Waals surface area contributed by atoms with Crippen molar-refractivity contribution in [2.24, 2.45) is 0 Å². The summed E-state index contributed by atoms with van der Waals surface area (Å²) in [6, 6.07) is 7.60. The molecule has 0 fully saturated rings. The molecular formula is C15H23NO4. The number of rotatable bonds is 9. The van der Waals surface area contributed by atoms with E-state index in [4.69, 9.17) is 9.84 Å². The van der Waals surface area contributed by atoms with Crippen molar-refractivity contribution in [1.29, 1.82) is 0 Å². The Balaban J connectivity index is 2.32. The number of aliphatic carboxylic acids is 1. The quantitative estimate of drug-likeness (QED) is 0.638. The molecule has 1 aromatic rings. The highest BCUT2D eigenvalue weighted by Crippen LogP contribution is 2.13. The number of hydrogen-bond donors (Lipinski definition) is 3. The number of ether oxygens (including phenoxy) is 1. The van der Waals surface area contributed by atoms with E-state index in [0.717, 1.165) is 5.56 Å². The first-order chi connectivity index (χ1) is 9.47. The largest absolute Gasteiger partial charge is 0.491 e. The van der Waals surface area contributed by atoms with Crippen molar-refractivity contribution in [3.63, 3.8) is 0 Å². The van der Waals surface area contributed by atoms with Gasteiger partial charge in [0, 0.05) is 19.0 Å². The molecule has 0 aliphatic heterocycles. The van der Waals surface area contributed by atoms with Crippen LogP contribution in [-0.2, 0) is 11.2 Å². The Kier molecular flexibility index (Phi) is 7.04. The van der Waals surface area contributed by atoms with Crippen LogP contribution in [0.25, 0.3) is 0 Å². The molecule has 0 aliphatic rings. The van der Waals surface area contributed by atoms with Gasteiger partial charge in [-0.15, -0.1) is 0 Å². The standard InChI is InChI=1S/C15H23NO4/c1-11(2)16-9-13(17)10-20-14-6-3-12(4-7-14)5-8-15(18)19/h3-4,6-7,11,13,16-17H,5,8-10H2,1-2H3,(H,18,19)/t13-/m1/s1. The van der Waals surface area contributed by atoms with Gasteiger partial charge in [-0.05, 0) is 24.1 Å². The summed E-state index contributed by atoms with van der Waals surface area (Å²) in [6.45, 7) is 4.76. The number of nitrogens with one attached hydrogen (secondary N) is 1. The van der Waals surface area contributed by atoms with Gasteiger partial charge < -0.3 is 20.3 Å².